The summed E-state index contributed by atoms with van der Waals surface area (Å²) in [5, 5.41) is 7.83. The van der Waals surface area contributed by atoms with Gasteiger partial charge in [0, 0.05) is 5.69 Å². The fraction of sp³-hybridized carbons (Fsp3) is 0.500. The average molecular weight is 311 g/mol. The molecule has 0 bridgehead atoms. The summed E-state index contributed by atoms with van der Waals surface area (Å²) in [6, 6.07) is 5.66. The number of nitrogens with two attached hydrogens (primary N) is 1. The van der Waals surface area contributed by atoms with E-state index in [9.17, 15) is 13.2 Å². The number of nitrogens with zero attached hydrogens (tertiary/aromatic N) is 1. The number of amides is 1. The van der Waals surface area contributed by atoms with E-state index in [1.165, 1.54) is 18.6 Å². The maximum absolute atomic E-state index is 12.2. The van der Waals surface area contributed by atoms with E-state index in [2.05, 4.69) is 10.2 Å². The number of hydrogen-bond donors (Lipinski definition) is 2. The van der Waals surface area contributed by atoms with Gasteiger partial charge in [-0.05, 0) is 57.1 Å². The van der Waals surface area contributed by atoms with Gasteiger partial charge in [-0.15, -0.1) is 0 Å². The van der Waals surface area contributed by atoms with Crippen LogP contribution in [0.4, 0.5) is 5.69 Å². The molecule has 1 aliphatic rings. The molecule has 0 aliphatic carbocycles. The first kappa shape index (κ1) is 15.9. The van der Waals surface area contributed by atoms with E-state index in [0.29, 0.717) is 5.69 Å². The number of piperidine rings is 1. The van der Waals surface area contributed by atoms with Crippen LogP contribution in [0.3, 0.4) is 0 Å². The normalized spacial score (nSPS) is 18.2. The van der Waals surface area contributed by atoms with Crippen molar-refractivity contribution in [3.63, 3.8) is 0 Å². The maximum Gasteiger partial charge on any atom is 0.241 e. The molecule has 1 heterocycles. The van der Waals surface area contributed by atoms with Gasteiger partial charge in [-0.25, -0.2) is 13.6 Å². The molecule has 3 N–H and O–H groups in total. The molecule has 7 heteroatoms. The zero-order valence-corrected chi connectivity index (χ0v) is 12.9. The number of carbonyl (C=O) groups excluding carboxylic acids is 1. The van der Waals surface area contributed by atoms with Crippen molar-refractivity contribution in [2.45, 2.75) is 37.1 Å². The number of carbonyl (C=O) groups is 1. The number of likely N-dealkylation sites (tertiary alicyclic amines) is 1. The summed E-state index contributed by atoms with van der Waals surface area (Å²) in [6.07, 6.45) is 3.47. The molecule has 1 aromatic carbocycles. The second-order valence-corrected chi connectivity index (χ2v) is 6.89. The molecule has 2 rings (SSSR count). The van der Waals surface area contributed by atoms with Crippen molar-refractivity contribution in [3.8, 4) is 0 Å². The fourth-order valence-corrected chi connectivity index (χ4v) is 2.96. The first-order valence-corrected chi connectivity index (χ1v) is 8.60. The lowest BCUT2D eigenvalue weighted by atomic mass is 10.1. The minimum atomic E-state index is -3.70. The van der Waals surface area contributed by atoms with Gasteiger partial charge in [-0.1, -0.05) is 6.42 Å². The first-order chi connectivity index (χ1) is 9.88. The smallest absolute Gasteiger partial charge is 0.241 e. The number of rotatable bonds is 4. The largest absolute Gasteiger partial charge is 0.325 e. The molecule has 6 nitrogen and oxygen atoms in total. The monoisotopic (exact) mass is 311 g/mol. The molecule has 116 valence electrons. The van der Waals surface area contributed by atoms with Crippen LogP contribution in [0.25, 0.3) is 0 Å². The highest BCUT2D eigenvalue weighted by Crippen LogP contribution is 2.16. The molecule has 1 amide bonds. The summed E-state index contributed by atoms with van der Waals surface area (Å²) in [5.74, 6) is -0.0831. The van der Waals surface area contributed by atoms with Gasteiger partial charge in [0.05, 0.1) is 10.9 Å². The van der Waals surface area contributed by atoms with Gasteiger partial charge in [-0.3, -0.25) is 9.69 Å². The molecule has 21 heavy (non-hydrogen) atoms. The molecule has 0 spiro atoms. The Labute approximate surface area is 125 Å². The second kappa shape index (κ2) is 6.55. The van der Waals surface area contributed by atoms with Crippen LogP contribution in [0.2, 0.25) is 0 Å². The van der Waals surface area contributed by atoms with Crippen molar-refractivity contribution >= 4 is 21.6 Å². The SMILES string of the molecule is C[C@H](C(=O)Nc1ccc(S(N)(=O)=O)cc1)N1CCCCC1. The molecule has 1 fully saturated rings. The van der Waals surface area contributed by atoms with Crippen molar-refractivity contribution < 1.29 is 13.2 Å². The summed E-state index contributed by atoms with van der Waals surface area (Å²) in [7, 11) is -3.70. The van der Waals surface area contributed by atoms with E-state index in [-0.39, 0.29) is 16.8 Å². The summed E-state index contributed by atoms with van der Waals surface area (Å²) in [5.41, 5.74) is 0.566. The Morgan fingerprint density at radius 1 is 1.19 bits per heavy atom. The minimum Gasteiger partial charge on any atom is -0.325 e. The molecule has 1 aliphatic heterocycles. The predicted octanol–water partition coefficient (Wildman–Crippen LogP) is 1.15. The fourth-order valence-electron chi connectivity index (χ4n) is 2.45. The molecule has 0 saturated carbocycles. The number of sulfonamides is 1. The summed E-state index contributed by atoms with van der Waals surface area (Å²) < 4.78 is 22.3. The van der Waals surface area contributed by atoms with E-state index in [1.54, 1.807) is 12.1 Å². The van der Waals surface area contributed by atoms with E-state index in [4.69, 9.17) is 5.14 Å². The average Bonchev–Trinajstić information content (AvgIpc) is 2.47. The van der Waals surface area contributed by atoms with E-state index < -0.39 is 10.0 Å². The summed E-state index contributed by atoms with van der Waals surface area (Å²) >= 11 is 0. The van der Waals surface area contributed by atoms with E-state index >= 15 is 0 Å². The van der Waals surface area contributed by atoms with Crippen molar-refractivity contribution in [1.29, 1.82) is 0 Å². The van der Waals surface area contributed by atoms with Gasteiger partial charge in [0.2, 0.25) is 15.9 Å². The number of nitrogens with one attached hydrogen (secondary N) is 1. The molecule has 0 aromatic heterocycles. The van der Waals surface area contributed by atoms with E-state index in [1.807, 2.05) is 6.92 Å². The van der Waals surface area contributed by atoms with Crippen LogP contribution in [-0.2, 0) is 14.8 Å². The third-order valence-electron chi connectivity index (χ3n) is 3.77. The van der Waals surface area contributed by atoms with Crippen molar-refractivity contribution in [2.24, 2.45) is 5.14 Å². The quantitative estimate of drug-likeness (QED) is 0.872. The van der Waals surface area contributed by atoms with Crippen LogP contribution in [0, 0.1) is 0 Å². The third-order valence-corrected chi connectivity index (χ3v) is 4.70. The standard InChI is InChI=1S/C14H21N3O3S/c1-11(17-9-3-2-4-10-17)14(18)16-12-5-7-13(8-6-12)21(15,19)20/h5-8,11H,2-4,9-10H2,1H3,(H,16,18)(H2,15,19,20)/t11-/m1/s1. The Bertz CT molecular complexity index is 592. The van der Waals surface area contributed by atoms with Gasteiger partial charge in [0.25, 0.3) is 0 Å². The number of anilines is 1. The first-order valence-electron chi connectivity index (χ1n) is 7.06. The number of hydrogen-bond acceptors (Lipinski definition) is 4. The lowest BCUT2D eigenvalue weighted by Crippen LogP contribution is -2.44. The Morgan fingerprint density at radius 2 is 1.76 bits per heavy atom. The zero-order chi connectivity index (χ0) is 15.5. The summed E-state index contributed by atoms with van der Waals surface area (Å²) in [4.78, 5) is 14.4. The lowest BCUT2D eigenvalue weighted by molar-refractivity contribution is -0.121. The highest BCUT2D eigenvalue weighted by Gasteiger charge is 2.22. The topological polar surface area (TPSA) is 92.5 Å². The lowest BCUT2D eigenvalue weighted by Gasteiger charge is -2.31. The molecule has 1 saturated heterocycles. The highest BCUT2D eigenvalue weighted by atomic mass is 32.2. The molecule has 1 atom stereocenters. The second-order valence-electron chi connectivity index (χ2n) is 5.33. The van der Waals surface area contributed by atoms with Crippen LogP contribution in [0.1, 0.15) is 26.2 Å². The molecule has 0 unspecified atom stereocenters. The molecular formula is C14H21N3O3S. The Balaban J connectivity index is 1.99. The number of primary sulfonamides is 1. The Kier molecular flexibility index (Phi) is 4.97. The van der Waals surface area contributed by atoms with Crippen LogP contribution >= 0.6 is 0 Å². The molecule has 1 aromatic rings. The number of benzene rings is 1. The summed E-state index contributed by atoms with van der Waals surface area (Å²) in [6.45, 7) is 3.78. The predicted molar refractivity (Wildman–Crippen MR) is 81.3 cm³/mol. The highest BCUT2D eigenvalue weighted by molar-refractivity contribution is 7.89. The third kappa shape index (κ3) is 4.26. The molecule has 0 radical (unpaired) electrons. The molecular weight excluding hydrogens is 290 g/mol. The maximum atomic E-state index is 12.2. The van der Waals surface area contributed by atoms with Gasteiger partial charge < -0.3 is 5.32 Å². The Morgan fingerprint density at radius 3 is 2.29 bits per heavy atom. The Hall–Kier alpha value is -1.44. The van der Waals surface area contributed by atoms with Crippen LogP contribution < -0.4 is 10.5 Å². The van der Waals surface area contributed by atoms with E-state index in [0.717, 1.165) is 25.9 Å². The van der Waals surface area contributed by atoms with Gasteiger partial charge in [-0.2, -0.15) is 0 Å². The van der Waals surface area contributed by atoms with Gasteiger partial charge in [0.1, 0.15) is 0 Å². The van der Waals surface area contributed by atoms with Crippen molar-refractivity contribution in [2.75, 3.05) is 18.4 Å². The van der Waals surface area contributed by atoms with Crippen LogP contribution in [0.15, 0.2) is 29.2 Å². The van der Waals surface area contributed by atoms with Crippen molar-refractivity contribution in [3.05, 3.63) is 24.3 Å². The van der Waals surface area contributed by atoms with Gasteiger partial charge in [0.15, 0.2) is 0 Å². The van der Waals surface area contributed by atoms with Crippen LogP contribution in [-0.4, -0.2) is 38.4 Å². The minimum absolute atomic E-state index is 0.0320. The van der Waals surface area contributed by atoms with Gasteiger partial charge >= 0.3 is 0 Å². The zero-order valence-electron chi connectivity index (χ0n) is 12.1. The van der Waals surface area contributed by atoms with Crippen molar-refractivity contribution in [1.82, 2.24) is 4.90 Å². The van der Waals surface area contributed by atoms with Crippen LogP contribution in [0.5, 0.6) is 0 Å².